The smallest absolute Gasteiger partial charge is 0.257 e. The minimum Gasteiger partial charge on any atom is -0.493 e. The minimum absolute atomic E-state index is 0.0915. The average molecular weight is 446 g/mol. The molecule has 1 amide bonds. The van der Waals surface area contributed by atoms with Crippen molar-refractivity contribution in [2.45, 2.75) is 51.0 Å². The van der Waals surface area contributed by atoms with Crippen LogP contribution in [0.2, 0.25) is 0 Å². The maximum Gasteiger partial charge on any atom is 0.257 e. The van der Waals surface area contributed by atoms with Crippen LogP contribution < -0.4 is 9.46 Å². The fourth-order valence-corrected chi connectivity index (χ4v) is 5.56. The maximum atomic E-state index is 13.3. The molecule has 1 aliphatic carbocycles. The predicted molar refractivity (Wildman–Crippen MR) is 119 cm³/mol. The van der Waals surface area contributed by atoms with E-state index < -0.39 is 10.0 Å². The van der Waals surface area contributed by atoms with Gasteiger partial charge in [0.2, 0.25) is 10.0 Å². The van der Waals surface area contributed by atoms with Gasteiger partial charge in [0.25, 0.3) is 5.91 Å². The van der Waals surface area contributed by atoms with Crippen LogP contribution in [0.4, 0.5) is 0 Å². The summed E-state index contributed by atoms with van der Waals surface area (Å²) in [5.74, 6) is 1.28. The lowest BCUT2D eigenvalue weighted by Gasteiger charge is -2.17. The van der Waals surface area contributed by atoms with Gasteiger partial charge in [-0.2, -0.15) is 0 Å². The van der Waals surface area contributed by atoms with E-state index in [1.165, 1.54) is 12.8 Å². The molecule has 31 heavy (non-hydrogen) atoms. The van der Waals surface area contributed by atoms with E-state index in [1.54, 1.807) is 30.4 Å². The van der Waals surface area contributed by atoms with Gasteiger partial charge >= 0.3 is 0 Å². The number of sulfonamides is 1. The number of hydrogen-bond donors (Lipinski definition) is 1. The molecular formula is C23H31N3O4S. The van der Waals surface area contributed by atoms with Crippen LogP contribution in [0.15, 0.2) is 29.2 Å². The van der Waals surface area contributed by atoms with Crippen molar-refractivity contribution in [3.05, 3.63) is 46.8 Å². The Balaban J connectivity index is 1.51. The Morgan fingerprint density at radius 1 is 1.10 bits per heavy atom. The molecule has 0 atom stereocenters. The first-order chi connectivity index (χ1) is 14.8. The van der Waals surface area contributed by atoms with Crippen LogP contribution >= 0.6 is 0 Å². The number of carbonyl (C=O) groups is 1. The van der Waals surface area contributed by atoms with E-state index in [4.69, 9.17) is 4.74 Å². The molecule has 1 aromatic heterocycles. The van der Waals surface area contributed by atoms with Crippen molar-refractivity contribution < 1.29 is 17.9 Å². The molecule has 2 aromatic rings. The second-order valence-electron chi connectivity index (χ2n) is 8.66. The van der Waals surface area contributed by atoms with Crippen LogP contribution in [0.25, 0.3) is 0 Å². The number of nitrogens with one attached hydrogen (secondary N) is 1. The molecule has 0 spiro atoms. The standard InChI is InChI=1S/C23H31N3O4S/c1-16-21(23(27)26-12-4-5-13-26)22(17(2)25(16)3)31(28,29)24-14-18-8-10-20(11-9-18)30-15-19-6-7-19/h8-11,19,24H,4-7,12-15H2,1-3H3. The van der Waals surface area contributed by atoms with Gasteiger partial charge in [-0.15, -0.1) is 0 Å². The number of amides is 1. The Hall–Kier alpha value is -2.32. The topological polar surface area (TPSA) is 80.6 Å². The van der Waals surface area contributed by atoms with E-state index >= 15 is 0 Å². The molecule has 1 aromatic carbocycles. The largest absolute Gasteiger partial charge is 0.493 e. The Morgan fingerprint density at radius 3 is 2.35 bits per heavy atom. The van der Waals surface area contributed by atoms with Crippen LogP contribution in [-0.4, -0.2) is 43.5 Å². The SMILES string of the molecule is Cc1c(C(=O)N2CCCC2)c(S(=O)(=O)NCc2ccc(OCC3CC3)cc2)c(C)n1C. The third kappa shape index (κ3) is 4.65. The summed E-state index contributed by atoms with van der Waals surface area (Å²) in [4.78, 5) is 15.0. The lowest BCUT2D eigenvalue weighted by molar-refractivity contribution is 0.0788. The van der Waals surface area contributed by atoms with Gasteiger partial charge in [0.05, 0.1) is 12.2 Å². The molecule has 2 aliphatic rings. The summed E-state index contributed by atoms with van der Waals surface area (Å²) < 4.78 is 36.7. The molecule has 2 heterocycles. The average Bonchev–Trinajstić information content (AvgIpc) is 3.36. The Labute approximate surface area is 184 Å². The summed E-state index contributed by atoms with van der Waals surface area (Å²) in [6.45, 7) is 5.79. The number of carbonyl (C=O) groups excluding carboxylic acids is 1. The molecule has 0 bridgehead atoms. The van der Waals surface area contributed by atoms with E-state index in [9.17, 15) is 13.2 Å². The van der Waals surface area contributed by atoms with E-state index in [2.05, 4.69) is 4.72 Å². The molecule has 1 saturated heterocycles. The molecule has 4 rings (SSSR count). The molecule has 0 unspecified atom stereocenters. The van der Waals surface area contributed by atoms with Gasteiger partial charge in [0.15, 0.2) is 0 Å². The Bertz CT molecular complexity index is 1060. The molecule has 1 saturated carbocycles. The van der Waals surface area contributed by atoms with Gasteiger partial charge in [-0.05, 0) is 63.1 Å². The van der Waals surface area contributed by atoms with Crippen LogP contribution in [-0.2, 0) is 23.6 Å². The first kappa shape index (κ1) is 21.9. The molecule has 8 heteroatoms. The zero-order valence-electron chi connectivity index (χ0n) is 18.5. The van der Waals surface area contributed by atoms with Crippen molar-refractivity contribution in [1.29, 1.82) is 0 Å². The highest BCUT2D eigenvalue weighted by Crippen LogP contribution is 2.30. The number of hydrogen-bond acceptors (Lipinski definition) is 4. The highest BCUT2D eigenvalue weighted by molar-refractivity contribution is 7.89. The van der Waals surface area contributed by atoms with Crippen LogP contribution in [0.1, 0.15) is 53.0 Å². The number of nitrogens with zero attached hydrogens (tertiary/aromatic N) is 2. The number of likely N-dealkylation sites (tertiary alicyclic amines) is 1. The van der Waals surface area contributed by atoms with Gasteiger partial charge < -0.3 is 14.2 Å². The van der Waals surface area contributed by atoms with Gasteiger partial charge in [-0.3, -0.25) is 4.79 Å². The van der Waals surface area contributed by atoms with Crippen LogP contribution in [0.3, 0.4) is 0 Å². The highest BCUT2D eigenvalue weighted by Gasteiger charge is 2.33. The third-order valence-electron chi connectivity index (χ3n) is 6.37. The van der Waals surface area contributed by atoms with E-state index in [0.717, 1.165) is 30.8 Å². The molecule has 1 N–H and O–H groups in total. The lowest BCUT2D eigenvalue weighted by atomic mass is 10.2. The summed E-state index contributed by atoms with van der Waals surface area (Å²) in [7, 11) is -2.07. The normalized spacial score (nSPS) is 16.7. The monoisotopic (exact) mass is 445 g/mol. The Morgan fingerprint density at radius 2 is 1.74 bits per heavy atom. The molecule has 168 valence electrons. The van der Waals surface area contributed by atoms with Gasteiger partial charge in [0, 0.05) is 38.1 Å². The van der Waals surface area contributed by atoms with E-state index in [0.29, 0.717) is 36.0 Å². The number of aromatic nitrogens is 1. The first-order valence-corrected chi connectivity index (χ1v) is 12.4. The van der Waals surface area contributed by atoms with Crippen LogP contribution in [0.5, 0.6) is 5.75 Å². The summed E-state index contributed by atoms with van der Waals surface area (Å²) in [6, 6.07) is 7.47. The zero-order chi connectivity index (χ0) is 22.2. The first-order valence-electron chi connectivity index (χ1n) is 10.9. The molecule has 1 aliphatic heterocycles. The predicted octanol–water partition coefficient (Wildman–Crippen LogP) is 3.15. The lowest BCUT2D eigenvalue weighted by Crippen LogP contribution is -2.31. The van der Waals surface area contributed by atoms with Crippen molar-refractivity contribution >= 4 is 15.9 Å². The highest BCUT2D eigenvalue weighted by atomic mass is 32.2. The summed E-state index contributed by atoms with van der Waals surface area (Å²) in [6.07, 6.45) is 4.38. The number of benzene rings is 1. The zero-order valence-corrected chi connectivity index (χ0v) is 19.3. The second-order valence-corrected chi connectivity index (χ2v) is 10.4. The maximum absolute atomic E-state index is 13.3. The van der Waals surface area contributed by atoms with Crippen molar-refractivity contribution in [3.8, 4) is 5.75 Å². The molecule has 0 radical (unpaired) electrons. The summed E-state index contributed by atoms with van der Waals surface area (Å²) in [5.41, 5.74) is 2.36. The van der Waals surface area contributed by atoms with Gasteiger partial charge in [0.1, 0.15) is 10.6 Å². The van der Waals surface area contributed by atoms with Crippen molar-refractivity contribution in [2.24, 2.45) is 13.0 Å². The molecule has 7 nitrogen and oxygen atoms in total. The van der Waals surface area contributed by atoms with Crippen molar-refractivity contribution in [1.82, 2.24) is 14.2 Å². The quantitative estimate of drug-likeness (QED) is 0.677. The van der Waals surface area contributed by atoms with Crippen LogP contribution in [0, 0.1) is 19.8 Å². The molecular weight excluding hydrogens is 414 g/mol. The van der Waals surface area contributed by atoms with Gasteiger partial charge in [-0.25, -0.2) is 13.1 Å². The molecule has 2 fully saturated rings. The fourth-order valence-electron chi connectivity index (χ4n) is 4.03. The third-order valence-corrected chi connectivity index (χ3v) is 7.93. The number of rotatable bonds is 8. The van der Waals surface area contributed by atoms with E-state index in [1.807, 2.05) is 24.3 Å². The Kier molecular flexibility index (Phi) is 6.12. The fraction of sp³-hybridized carbons (Fsp3) is 0.522. The summed E-state index contributed by atoms with van der Waals surface area (Å²) in [5, 5.41) is 0. The van der Waals surface area contributed by atoms with Crippen molar-refractivity contribution in [3.63, 3.8) is 0 Å². The van der Waals surface area contributed by atoms with Gasteiger partial charge in [-0.1, -0.05) is 12.1 Å². The van der Waals surface area contributed by atoms with E-state index in [-0.39, 0.29) is 17.3 Å². The number of ether oxygens (including phenoxy) is 1. The van der Waals surface area contributed by atoms with Crippen molar-refractivity contribution in [2.75, 3.05) is 19.7 Å². The minimum atomic E-state index is -3.87. The summed E-state index contributed by atoms with van der Waals surface area (Å²) >= 11 is 0. The second kappa shape index (κ2) is 8.67.